The van der Waals surface area contributed by atoms with E-state index >= 15 is 0 Å². The fourth-order valence-electron chi connectivity index (χ4n) is 1.25. The molecule has 0 aromatic heterocycles. The van der Waals surface area contributed by atoms with Crippen molar-refractivity contribution in [1.82, 2.24) is 0 Å². The molecular weight excluding hydrogens is 204 g/mol. The maximum Gasteiger partial charge on any atom is 0.164 e. The summed E-state index contributed by atoms with van der Waals surface area (Å²) in [6, 6.07) is 3.34. The predicted molar refractivity (Wildman–Crippen MR) is 54.3 cm³/mol. The number of methoxy groups -OCH3 is 2. The van der Waals surface area contributed by atoms with Crippen molar-refractivity contribution in [3.05, 3.63) is 22.7 Å². The van der Waals surface area contributed by atoms with E-state index in [-0.39, 0.29) is 6.42 Å². The summed E-state index contributed by atoms with van der Waals surface area (Å²) in [5.74, 6) is 1.10. The molecule has 0 bridgehead atoms. The summed E-state index contributed by atoms with van der Waals surface area (Å²) >= 11 is 5.84. The summed E-state index contributed by atoms with van der Waals surface area (Å²) in [6.45, 7) is 0. The summed E-state index contributed by atoms with van der Waals surface area (Å²) in [4.78, 5) is 10.4. The van der Waals surface area contributed by atoms with Gasteiger partial charge < -0.3 is 14.3 Å². The van der Waals surface area contributed by atoms with Crippen LogP contribution in [0.5, 0.6) is 11.5 Å². The van der Waals surface area contributed by atoms with Crippen LogP contribution in [0.1, 0.15) is 5.56 Å². The highest BCUT2D eigenvalue weighted by atomic mass is 35.5. The van der Waals surface area contributed by atoms with E-state index in [2.05, 4.69) is 0 Å². The second-order valence-electron chi connectivity index (χ2n) is 2.67. The molecule has 0 saturated carbocycles. The summed E-state index contributed by atoms with van der Waals surface area (Å²) < 4.78 is 10.2. The average molecular weight is 215 g/mol. The minimum absolute atomic E-state index is 0.264. The van der Waals surface area contributed by atoms with E-state index in [0.717, 1.165) is 11.8 Å². The van der Waals surface area contributed by atoms with Crippen molar-refractivity contribution >= 4 is 17.9 Å². The second-order valence-corrected chi connectivity index (χ2v) is 3.11. The number of hydrogen-bond acceptors (Lipinski definition) is 3. The highest BCUT2D eigenvalue weighted by Crippen LogP contribution is 2.34. The highest BCUT2D eigenvalue weighted by molar-refractivity contribution is 6.30. The molecule has 0 radical (unpaired) electrons. The largest absolute Gasteiger partial charge is 0.493 e. The van der Waals surface area contributed by atoms with Crippen molar-refractivity contribution in [2.45, 2.75) is 6.42 Å². The third kappa shape index (κ3) is 2.17. The maximum absolute atomic E-state index is 10.4. The number of halogens is 1. The van der Waals surface area contributed by atoms with Crippen molar-refractivity contribution in [3.63, 3.8) is 0 Å². The van der Waals surface area contributed by atoms with E-state index in [0.29, 0.717) is 16.5 Å². The van der Waals surface area contributed by atoms with Crippen LogP contribution in [0.4, 0.5) is 0 Å². The first kappa shape index (κ1) is 10.9. The van der Waals surface area contributed by atoms with E-state index in [1.807, 2.05) is 0 Å². The number of carbonyl (C=O) groups excluding carboxylic acids is 1. The van der Waals surface area contributed by atoms with Crippen LogP contribution in [0.2, 0.25) is 5.02 Å². The van der Waals surface area contributed by atoms with Gasteiger partial charge in [-0.2, -0.15) is 0 Å². The van der Waals surface area contributed by atoms with Crippen molar-refractivity contribution in [2.24, 2.45) is 0 Å². The lowest BCUT2D eigenvalue weighted by atomic mass is 10.1. The molecule has 0 unspecified atom stereocenters. The minimum atomic E-state index is 0.264. The van der Waals surface area contributed by atoms with Crippen LogP contribution in [-0.4, -0.2) is 20.5 Å². The molecule has 0 amide bonds. The quantitative estimate of drug-likeness (QED) is 0.720. The zero-order valence-corrected chi connectivity index (χ0v) is 8.80. The molecule has 0 heterocycles. The van der Waals surface area contributed by atoms with E-state index in [4.69, 9.17) is 21.1 Å². The summed E-state index contributed by atoms with van der Waals surface area (Å²) in [5.41, 5.74) is 0.729. The summed E-state index contributed by atoms with van der Waals surface area (Å²) in [6.07, 6.45) is 1.06. The molecule has 0 spiro atoms. The predicted octanol–water partition coefficient (Wildman–Crippen LogP) is 2.10. The van der Waals surface area contributed by atoms with Gasteiger partial charge in [-0.25, -0.2) is 0 Å². The van der Waals surface area contributed by atoms with Crippen molar-refractivity contribution in [3.8, 4) is 11.5 Å². The first-order valence-corrected chi connectivity index (χ1v) is 4.44. The Morgan fingerprint density at radius 3 is 2.57 bits per heavy atom. The zero-order chi connectivity index (χ0) is 10.6. The van der Waals surface area contributed by atoms with Gasteiger partial charge in [0.15, 0.2) is 11.5 Å². The Bertz CT molecular complexity index is 336. The molecule has 14 heavy (non-hydrogen) atoms. The molecular formula is C10H11ClO3. The molecule has 4 heteroatoms. The number of carbonyl (C=O) groups is 1. The molecule has 0 aliphatic rings. The van der Waals surface area contributed by atoms with Crippen molar-refractivity contribution < 1.29 is 14.3 Å². The van der Waals surface area contributed by atoms with Crippen LogP contribution >= 0.6 is 11.6 Å². The van der Waals surface area contributed by atoms with E-state index in [9.17, 15) is 4.79 Å². The maximum atomic E-state index is 10.4. The van der Waals surface area contributed by atoms with Crippen LogP contribution < -0.4 is 9.47 Å². The Kier molecular flexibility index (Phi) is 3.77. The van der Waals surface area contributed by atoms with Gasteiger partial charge in [-0.05, 0) is 6.07 Å². The van der Waals surface area contributed by atoms with Gasteiger partial charge in [-0.3, -0.25) is 0 Å². The number of benzene rings is 1. The van der Waals surface area contributed by atoms with E-state index in [1.165, 1.54) is 14.2 Å². The molecule has 0 saturated heterocycles. The Morgan fingerprint density at radius 2 is 2.07 bits per heavy atom. The molecule has 0 fully saturated rings. The minimum Gasteiger partial charge on any atom is -0.493 e. The Hall–Kier alpha value is -1.22. The van der Waals surface area contributed by atoms with Gasteiger partial charge in [0.25, 0.3) is 0 Å². The van der Waals surface area contributed by atoms with Gasteiger partial charge in [-0.1, -0.05) is 11.6 Å². The lowest BCUT2D eigenvalue weighted by Crippen LogP contribution is -1.97. The van der Waals surface area contributed by atoms with Gasteiger partial charge in [-0.15, -0.1) is 0 Å². The smallest absolute Gasteiger partial charge is 0.164 e. The van der Waals surface area contributed by atoms with Crippen LogP contribution in [0, 0.1) is 0 Å². The van der Waals surface area contributed by atoms with Crippen LogP contribution in [-0.2, 0) is 11.2 Å². The molecule has 1 rings (SSSR count). The lowest BCUT2D eigenvalue weighted by molar-refractivity contribution is -0.107. The van der Waals surface area contributed by atoms with Gasteiger partial charge >= 0.3 is 0 Å². The van der Waals surface area contributed by atoms with E-state index in [1.54, 1.807) is 12.1 Å². The molecule has 0 N–H and O–H groups in total. The lowest BCUT2D eigenvalue weighted by Gasteiger charge is -2.11. The number of aldehydes is 1. The molecule has 1 aromatic carbocycles. The Morgan fingerprint density at radius 1 is 1.36 bits per heavy atom. The first-order valence-electron chi connectivity index (χ1n) is 4.07. The third-order valence-corrected chi connectivity index (χ3v) is 2.04. The fourth-order valence-corrected chi connectivity index (χ4v) is 1.48. The van der Waals surface area contributed by atoms with Gasteiger partial charge in [0.2, 0.25) is 0 Å². The summed E-state index contributed by atoms with van der Waals surface area (Å²) in [7, 11) is 3.05. The van der Waals surface area contributed by atoms with Crippen molar-refractivity contribution in [1.29, 1.82) is 0 Å². The fraction of sp³-hybridized carbons (Fsp3) is 0.300. The van der Waals surface area contributed by atoms with E-state index < -0.39 is 0 Å². The highest BCUT2D eigenvalue weighted by Gasteiger charge is 2.10. The van der Waals surface area contributed by atoms with Crippen molar-refractivity contribution in [2.75, 3.05) is 14.2 Å². The SMILES string of the molecule is COc1cc(Cl)cc(CC=O)c1OC. The van der Waals surface area contributed by atoms with Crippen LogP contribution in [0.25, 0.3) is 0 Å². The molecule has 0 aliphatic carbocycles. The van der Waals surface area contributed by atoms with Crippen LogP contribution in [0.15, 0.2) is 12.1 Å². The zero-order valence-electron chi connectivity index (χ0n) is 8.04. The van der Waals surface area contributed by atoms with Gasteiger partial charge in [0, 0.05) is 23.1 Å². The number of hydrogen-bond donors (Lipinski definition) is 0. The standard InChI is InChI=1S/C10H11ClO3/c1-13-9-6-8(11)5-7(3-4-12)10(9)14-2/h4-6H,3H2,1-2H3. The third-order valence-electron chi connectivity index (χ3n) is 1.82. The van der Waals surface area contributed by atoms with Gasteiger partial charge in [0.1, 0.15) is 6.29 Å². The molecule has 76 valence electrons. The second kappa shape index (κ2) is 4.86. The molecule has 0 aliphatic heterocycles. The topological polar surface area (TPSA) is 35.5 Å². The Labute approximate surface area is 87.6 Å². The normalized spacial score (nSPS) is 9.64. The molecule has 0 atom stereocenters. The first-order chi connectivity index (χ1) is 6.72. The summed E-state index contributed by atoms with van der Waals surface area (Å²) in [5, 5.41) is 0.527. The Balaban J connectivity index is 3.23. The molecule has 3 nitrogen and oxygen atoms in total. The average Bonchev–Trinajstić information content (AvgIpc) is 2.17. The van der Waals surface area contributed by atoms with Gasteiger partial charge in [0.05, 0.1) is 14.2 Å². The number of rotatable bonds is 4. The molecule has 1 aromatic rings. The monoisotopic (exact) mass is 214 g/mol. The van der Waals surface area contributed by atoms with Crippen LogP contribution in [0.3, 0.4) is 0 Å². The number of ether oxygens (including phenoxy) is 2.